The highest BCUT2D eigenvalue weighted by atomic mass is 31.2. The van der Waals surface area contributed by atoms with E-state index in [-0.39, 0.29) is 62.8 Å². The zero-order valence-corrected chi connectivity index (χ0v) is 45.2. The molecule has 0 saturated heterocycles. The molecule has 25 heteroatoms. The fraction of sp³-hybridized carbons (Fsp3) is 0.778. The second-order valence-electron chi connectivity index (χ2n) is 18.6. The Kier molecular flexibility index (Phi) is 38.7. The maximum absolute atomic E-state index is 12.5. The summed E-state index contributed by atoms with van der Waals surface area (Å²) in [6, 6.07) is -1.66. The van der Waals surface area contributed by atoms with Crippen molar-refractivity contribution in [3.63, 3.8) is 0 Å². The molecule has 0 aromatic carbocycles. The number of aliphatic carboxylic acids is 2. The number of ketones is 1. The highest BCUT2D eigenvalue weighted by molar-refractivity contribution is 7.46. The van der Waals surface area contributed by atoms with Gasteiger partial charge in [-0.1, -0.05) is 46.3 Å². The number of phosphoric ester groups is 2. The molecule has 0 aromatic rings. The van der Waals surface area contributed by atoms with Gasteiger partial charge < -0.3 is 73.3 Å². The Morgan fingerprint density at radius 2 is 1.03 bits per heavy atom. The molecule has 6 unspecified atom stereocenters. The summed E-state index contributed by atoms with van der Waals surface area (Å²) < 4.78 is 52.7. The predicted octanol–water partition coefficient (Wildman–Crippen LogP) is 3.08. The van der Waals surface area contributed by atoms with Gasteiger partial charge in [-0.15, -0.1) is 0 Å². The molecule has 6 atom stereocenters. The van der Waals surface area contributed by atoms with Crippen molar-refractivity contribution in [1.29, 1.82) is 0 Å². The number of ether oxygens (including phenoxy) is 2. The molecule has 410 valence electrons. The number of unbranched alkanes of at least 4 members (excludes halogenated alkanes) is 4. The average Bonchev–Trinajstić information content (AvgIpc) is 3.24. The van der Waals surface area contributed by atoms with E-state index in [9.17, 15) is 47.7 Å². The number of nitrogens with two attached hydrogens (primary N) is 2. The van der Waals surface area contributed by atoms with Crippen LogP contribution in [0.2, 0.25) is 0 Å². The first-order chi connectivity index (χ1) is 32.2. The van der Waals surface area contributed by atoms with Crippen molar-refractivity contribution in [2.75, 3.05) is 102 Å². The summed E-state index contributed by atoms with van der Waals surface area (Å²) in [6.45, 7) is 14.2. The van der Waals surface area contributed by atoms with Crippen LogP contribution in [0.1, 0.15) is 105 Å². The molecule has 23 nitrogen and oxygen atoms in total. The number of nitrogens with zero attached hydrogens (tertiary/aromatic N) is 2. The van der Waals surface area contributed by atoms with E-state index in [1.54, 1.807) is 6.92 Å². The summed E-state index contributed by atoms with van der Waals surface area (Å²) in [4.78, 5) is 91.3. The van der Waals surface area contributed by atoms with Crippen molar-refractivity contribution >= 4 is 51.2 Å². The highest BCUT2D eigenvalue weighted by Crippen LogP contribution is 2.38. The third-order valence-corrected chi connectivity index (χ3v) is 11.8. The van der Waals surface area contributed by atoms with Crippen molar-refractivity contribution in [2.45, 2.75) is 117 Å². The maximum atomic E-state index is 12.5. The van der Waals surface area contributed by atoms with E-state index < -0.39 is 57.5 Å². The Morgan fingerprint density at radius 1 is 0.614 bits per heavy atom. The third-order valence-electron chi connectivity index (χ3n) is 9.79. The number of phosphoric acid groups is 2. The number of carbonyl (C=O) groups excluding carboxylic acids is 4. The lowest BCUT2D eigenvalue weighted by Crippen LogP contribution is -2.37. The summed E-state index contributed by atoms with van der Waals surface area (Å²) >= 11 is 0. The van der Waals surface area contributed by atoms with Crippen molar-refractivity contribution in [3.8, 4) is 0 Å². The summed E-state index contributed by atoms with van der Waals surface area (Å²) in [5.41, 5.74) is 11.6. The Morgan fingerprint density at radius 3 is 1.43 bits per heavy atom. The van der Waals surface area contributed by atoms with Crippen LogP contribution in [0.15, 0.2) is 24.3 Å². The summed E-state index contributed by atoms with van der Waals surface area (Å²) in [6.07, 6.45) is 7.36. The lowest BCUT2D eigenvalue weighted by Gasteiger charge is -2.27. The molecular weight excluding hydrogens is 960 g/mol. The van der Waals surface area contributed by atoms with Crippen molar-refractivity contribution < 1.29 is 94.4 Å². The number of carbonyl (C=O) groups is 6. The molecule has 0 radical (unpaired) electrons. The molecule has 0 fully saturated rings. The van der Waals surface area contributed by atoms with Crippen LogP contribution in [-0.4, -0.2) is 168 Å². The monoisotopic (exact) mass is 1050 g/mol. The Hall–Kier alpha value is -3.44. The first kappa shape index (κ1) is 70.8. The molecular formula is C45H87N5O18P2. The van der Waals surface area contributed by atoms with Crippen LogP contribution in [0.3, 0.4) is 0 Å². The van der Waals surface area contributed by atoms with E-state index in [4.69, 9.17) is 35.5 Å². The van der Waals surface area contributed by atoms with Crippen LogP contribution in [0.5, 0.6) is 0 Å². The quantitative estimate of drug-likeness (QED) is 0.0195. The van der Waals surface area contributed by atoms with Gasteiger partial charge in [-0.2, -0.15) is 0 Å². The van der Waals surface area contributed by atoms with Crippen molar-refractivity contribution in [2.24, 2.45) is 23.3 Å². The maximum Gasteiger partial charge on any atom is 0.333 e. The van der Waals surface area contributed by atoms with Gasteiger partial charge >= 0.3 is 23.9 Å². The SMILES string of the molecule is C=C(C)C(=O)CCCCCCC(N)C(=O)O.C=C(C)C(=O)OCCOP(=O)([O-])OCC[N+](C)(C)C.CCC(CC(CC)C(=O)OCCOP(=O)([O-])OCC[N+](C)(C)C)C(=O)NCCCCC(N)C(=O)O. The molecule has 70 heavy (non-hydrogen) atoms. The molecule has 0 heterocycles. The second-order valence-corrected chi connectivity index (χ2v) is 21.4. The Labute approximate surface area is 416 Å². The number of rotatable bonds is 38. The first-order valence-corrected chi connectivity index (χ1v) is 26.4. The van der Waals surface area contributed by atoms with Crippen LogP contribution >= 0.6 is 15.6 Å². The van der Waals surface area contributed by atoms with E-state index >= 15 is 0 Å². The van der Waals surface area contributed by atoms with Crippen LogP contribution in [0, 0.1) is 11.8 Å². The lowest BCUT2D eigenvalue weighted by atomic mass is 9.90. The smallest absolute Gasteiger partial charge is 0.333 e. The Bertz CT molecular complexity index is 1690. The summed E-state index contributed by atoms with van der Waals surface area (Å²) in [7, 11) is 2.63. The molecule has 0 aliphatic carbocycles. The minimum Gasteiger partial charge on any atom is -0.756 e. The molecule has 0 aromatic heterocycles. The van der Waals surface area contributed by atoms with E-state index in [2.05, 4.69) is 32.3 Å². The number of amides is 1. The molecule has 7 N–H and O–H groups in total. The van der Waals surface area contributed by atoms with Gasteiger partial charge in [0, 0.05) is 24.5 Å². The number of Topliss-reactive ketones (excluding diaryl/α,β-unsaturated/α-hetero) is 1. The number of allylic oxidation sites excluding steroid dienone is 1. The Balaban J connectivity index is -0.00000107. The number of hydrogen-bond acceptors (Lipinski definition) is 18. The second kappa shape index (κ2) is 38.2. The highest BCUT2D eigenvalue weighted by Gasteiger charge is 2.26. The number of likely N-dealkylation sites (N-methyl/N-ethyl adjacent to an activating group) is 2. The van der Waals surface area contributed by atoms with Gasteiger partial charge in [-0.25, -0.2) is 4.79 Å². The fourth-order valence-corrected chi connectivity index (χ4v) is 6.64. The first-order valence-electron chi connectivity index (χ1n) is 23.4. The van der Waals surface area contributed by atoms with Gasteiger partial charge in [0.05, 0.1) is 61.4 Å². The van der Waals surface area contributed by atoms with Crippen LogP contribution in [0.25, 0.3) is 0 Å². The minimum absolute atomic E-state index is 0.0156. The molecule has 1 amide bonds. The van der Waals surface area contributed by atoms with E-state index in [1.807, 2.05) is 56.1 Å². The fourth-order valence-electron chi connectivity index (χ4n) is 5.28. The standard InChI is InChI=1S/C22H44N3O9P.C12H21NO3.C11H22NO6P/c1-6-17(20(26)24-11-9-8-10-19(23)21(27)28)16-18(7-2)22(29)32-14-15-34-35(30,31)33-13-12-25(3,4)5;1-9(2)11(14)8-6-4-3-5-7-10(13)12(15)16;1-10(2)11(13)16-8-9-18-19(14,15)17-7-6-12(3,4)5/h17-19H,6-16,23H2,1-5H3,(H2-,24,26,27,28,30,31);10H,1,3-8,13H2,2H3,(H,15,16);1,6-9H2,2-5H3. The van der Waals surface area contributed by atoms with Gasteiger partial charge in [0.15, 0.2) is 5.78 Å². The number of carboxylic acid groups (broad SMARTS) is 2. The van der Waals surface area contributed by atoms with Gasteiger partial charge in [-0.05, 0) is 70.8 Å². The normalized spacial score (nSPS) is 14.8. The van der Waals surface area contributed by atoms with Crippen LogP contribution in [-0.2, 0) is 65.5 Å². The summed E-state index contributed by atoms with van der Waals surface area (Å²) in [5, 5.41) is 20.1. The predicted molar refractivity (Wildman–Crippen MR) is 259 cm³/mol. The number of esters is 2. The molecule has 0 saturated carbocycles. The zero-order valence-electron chi connectivity index (χ0n) is 43.4. The van der Waals surface area contributed by atoms with E-state index in [0.717, 1.165) is 25.7 Å². The molecule has 0 aliphatic heterocycles. The number of hydrogen-bond donors (Lipinski definition) is 5. The molecule has 0 bridgehead atoms. The van der Waals surface area contributed by atoms with E-state index in [1.165, 1.54) is 6.92 Å². The number of carboxylic acids is 2. The average molecular weight is 1050 g/mol. The van der Waals surface area contributed by atoms with Crippen molar-refractivity contribution in [1.82, 2.24) is 5.32 Å². The number of nitrogens with one attached hydrogen (secondary N) is 1. The summed E-state index contributed by atoms with van der Waals surface area (Å²) in [5.74, 6) is -4.06. The van der Waals surface area contributed by atoms with Crippen LogP contribution < -0.4 is 26.6 Å². The van der Waals surface area contributed by atoms with E-state index in [0.29, 0.717) is 85.5 Å². The largest absolute Gasteiger partial charge is 0.756 e. The topological polar surface area (TPSA) is 343 Å². The molecule has 0 aliphatic rings. The van der Waals surface area contributed by atoms with Gasteiger partial charge in [-0.3, -0.25) is 33.1 Å². The minimum atomic E-state index is -4.48. The van der Waals surface area contributed by atoms with Crippen molar-refractivity contribution in [3.05, 3.63) is 24.3 Å². The van der Waals surface area contributed by atoms with Gasteiger partial charge in [0.25, 0.3) is 15.6 Å². The zero-order chi connectivity index (χ0) is 54.7. The van der Waals surface area contributed by atoms with Gasteiger partial charge in [0.1, 0.15) is 51.6 Å². The van der Waals surface area contributed by atoms with Gasteiger partial charge in [0.2, 0.25) is 5.91 Å². The molecule has 0 spiro atoms. The number of quaternary nitrogens is 2. The molecule has 0 rings (SSSR count). The third kappa shape index (κ3) is 43.4. The van der Waals surface area contributed by atoms with Crippen LogP contribution in [0.4, 0.5) is 0 Å². The lowest BCUT2D eigenvalue weighted by molar-refractivity contribution is -0.870.